The lowest BCUT2D eigenvalue weighted by atomic mass is 9.71. The second-order valence-corrected chi connectivity index (χ2v) is 17.6. The normalized spacial score (nSPS) is 18.9. The third kappa shape index (κ3) is 8.51. The molecule has 4 N–H and O–H groups in total. The van der Waals surface area contributed by atoms with Crippen LogP contribution in [0.2, 0.25) is 0 Å². The fraction of sp³-hybridized carbons (Fsp3) is 0.469. The van der Waals surface area contributed by atoms with Gasteiger partial charge in [0.15, 0.2) is 0 Å². The van der Waals surface area contributed by atoms with Crippen molar-refractivity contribution >= 4 is 35.6 Å². The topological polar surface area (TPSA) is 175 Å². The summed E-state index contributed by atoms with van der Waals surface area (Å²) in [6.45, 7) is 10.9. The Balaban J connectivity index is 1.14. The molecule has 0 bridgehead atoms. The van der Waals surface area contributed by atoms with Crippen molar-refractivity contribution in [1.29, 1.82) is 0 Å². The zero-order valence-electron chi connectivity index (χ0n) is 37.5. The molecule has 2 saturated heterocycles. The number of imidazole rings is 1. The van der Waals surface area contributed by atoms with Crippen molar-refractivity contribution in [2.45, 2.75) is 115 Å². The average Bonchev–Trinajstić information content (AvgIpc) is 4.12. The molecule has 3 aromatic carbocycles. The Labute approximate surface area is 369 Å². The molecule has 2 fully saturated rings. The lowest BCUT2D eigenvalue weighted by Crippen LogP contribution is -2.60. The quantitative estimate of drug-likeness (QED) is 0.0978. The molecule has 4 atom stereocenters. The third-order valence-electron chi connectivity index (χ3n) is 13.5. The summed E-state index contributed by atoms with van der Waals surface area (Å²) in [4.78, 5) is 78.7. The number of anilines is 1. The first-order valence-electron chi connectivity index (χ1n) is 22.3. The molecule has 0 spiro atoms. The van der Waals surface area contributed by atoms with Crippen LogP contribution < -0.4 is 16.0 Å². The van der Waals surface area contributed by atoms with Crippen LogP contribution in [0.5, 0.6) is 0 Å². The number of alkyl carbamates (subject to hydrolysis) is 2. The molecule has 1 aliphatic carbocycles. The third-order valence-corrected chi connectivity index (χ3v) is 13.5. The number of rotatable bonds is 14. The minimum absolute atomic E-state index is 0.170. The SMILES string of the molecule is CCCC1(CCC)c2cc(NC(=O)[C@@H]3CCCN3C(=O)[C@H](NC(=O)OC)c3ccccc3)ccc2-c2ccc(-c3cnc([C@@H]4CCCN4C(=O)C(C)(NC(=O)OC)C(C)C)[nH]3)cc21. The number of nitrogens with one attached hydrogen (secondary N) is 4. The number of hydrogen-bond donors (Lipinski definition) is 4. The first kappa shape index (κ1) is 44.9. The Morgan fingerprint density at radius 1 is 0.857 bits per heavy atom. The van der Waals surface area contributed by atoms with Crippen LogP contribution in [0, 0.1) is 5.92 Å². The fourth-order valence-corrected chi connectivity index (χ4v) is 10.0. The molecule has 4 aromatic rings. The predicted molar refractivity (Wildman–Crippen MR) is 241 cm³/mol. The van der Waals surface area contributed by atoms with E-state index in [1.54, 1.807) is 36.1 Å². The van der Waals surface area contributed by atoms with Gasteiger partial charge >= 0.3 is 12.2 Å². The second-order valence-electron chi connectivity index (χ2n) is 17.6. The average molecular weight is 860 g/mol. The molecule has 334 valence electrons. The standard InChI is InChI=1S/C49H61N7O7/c1-8-23-49(24-9-2)36-27-32(38-29-50-42(52-38)39-17-13-26-56(39)45(59)48(5,30(3)4)54-47(61)63-7)19-21-34(36)35-22-20-33(28-37(35)49)51-43(57)40-18-14-25-55(40)44(58)41(53-46(60)62-6)31-15-11-10-12-16-31/h10-12,15-16,19-22,27-30,39-41H,8-9,13-14,17-18,23-26H2,1-7H3,(H,50,52)(H,51,57)(H,53,60)(H,54,61)/t39-,40-,41+,48?/m0/s1. The minimum Gasteiger partial charge on any atom is -0.453 e. The summed E-state index contributed by atoms with van der Waals surface area (Å²) in [5.74, 6) is -0.287. The lowest BCUT2D eigenvalue weighted by Gasteiger charge is -2.37. The van der Waals surface area contributed by atoms with E-state index in [1.807, 2.05) is 37.1 Å². The highest BCUT2D eigenvalue weighted by Gasteiger charge is 2.46. The van der Waals surface area contributed by atoms with Crippen molar-refractivity contribution in [2.75, 3.05) is 32.6 Å². The summed E-state index contributed by atoms with van der Waals surface area (Å²) in [6, 6.07) is 19.7. The van der Waals surface area contributed by atoms with Crippen LogP contribution in [0.3, 0.4) is 0 Å². The molecule has 1 aromatic heterocycles. The summed E-state index contributed by atoms with van der Waals surface area (Å²) < 4.78 is 9.71. The van der Waals surface area contributed by atoms with Gasteiger partial charge in [-0.05, 0) is 103 Å². The maximum Gasteiger partial charge on any atom is 0.407 e. The number of amides is 5. The first-order valence-corrected chi connectivity index (χ1v) is 22.3. The van der Waals surface area contributed by atoms with Crippen LogP contribution in [0.15, 0.2) is 72.9 Å². The number of nitrogens with zero attached hydrogens (tertiary/aromatic N) is 3. The van der Waals surface area contributed by atoms with Crippen LogP contribution in [0.25, 0.3) is 22.4 Å². The van der Waals surface area contributed by atoms with Gasteiger partial charge in [-0.25, -0.2) is 14.6 Å². The van der Waals surface area contributed by atoms with Gasteiger partial charge in [-0.15, -0.1) is 0 Å². The molecule has 0 saturated carbocycles. The molecule has 63 heavy (non-hydrogen) atoms. The number of ether oxygens (including phenoxy) is 2. The summed E-state index contributed by atoms with van der Waals surface area (Å²) in [5.41, 5.74) is 6.33. The number of likely N-dealkylation sites (tertiary alicyclic amines) is 2. The summed E-state index contributed by atoms with van der Waals surface area (Å²) in [7, 11) is 2.54. The minimum atomic E-state index is -1.16. The van der Waals surface area contributed by atoms with Gasteiger partial charge in [0.2, 0.25) is 11.8 Å². The van der Waals surface area contributed by atoms with Crippen molar-refractivity contribution in [3.8, 4) is 22.4 Å². The van der Waals surface area contributed by atoms with Crippen molar-refractivity contribution in [2.24, 2.45) is 5.92 Å². The van der Waals surface area contributed by atoms with E-state index in [4.69, 9.17) is 14.5 Å². The van der Waals surface area contributed by atoms with Crippen molar-refractivity contribution in [3.05, 3.63) is 95.4 Å². The van der Waals surface area contributed by atoms with E-state index in [1.165, 1.54) is 25.3 Å². The van der Waals surface area contributed by atoms with Crippen molar-refractivity contribution < 1.29 is 33.4 Å². The van der Waals surface area contributed by atoms with E-state index >= 15 is 0 Å². The van der Waals surface area contributed by atoms with Gasteiger partial charge in [0, 0.05) is 24.2 Å². The number of carbonyl (C=O) groups excluding carboxylic acids is 5. The maximum absolute atomic E-state index is 14.1. The van der Waals surface area contributed by atoms with E-state index in [0.717, 1.165) is 60.9 Å². The zero-order chi connectivity index (χ0) is 45.1. The molecule has 3 heterocycles. The Kier molecular flexibility index (Phi) is 13.3. The van der Waals surface area contributed by atoms with Crippen molar-refractivity contribution in [3.63, 3.8) is 0 Å². The van der Waals surface area contributed by atoms with Gasteiger partial charge in [-0.2, -0.15) is 0 Å². The van der Waals surface area contributed by atoms with Crippen molar-refractivity contribution in [1.82, 2.24) is 30.4 Å². The van der Waals surface area contributed by atoms with Gasteiger partial charge in [0.1, 0.15) is 23.4 Å². The summed E-state index contributed by atoms with van der Waals surface area (Å²) >= 11 is 0. The lowest BCUT2D eigenvalue weighted by molar-refractivity contribution is -0.140. The van der Waals surface area contributed by atoms with Crippen LogP contribution in [0.1, 0.15) is 121 Å². The van der Waals surface area contributed by atoms with Gasteiger partial charge in [-0.3, -0.25) is 14.4 Å². The smallest absolute Gasteiger partial charge is 0.407 e. The molecule has 5 amide bonds. The van der Waals surface area contributed by atoms with E-state index < -0.39 is 29.8 Å². The van der Waals surface area contributed by atoms with E-state index in [2.05, 4.69) is 65.1 Å². The Morgan fingerprint density at radius 3 is 2.17 bits per heavy atom. The second kappa shape index (κ2) is 18.7. The fourth-order valence-electron chi connectivity index (χ4n) is 10.0. The molecule has 14 nitrogen and oxygen atoms in total. The number of benzene rings is 3. The Bertz CT molecular complexity index is 2340. The monoisotopic (exact) mass is 859 g/mol. The molecule has 14 heteroatoms. The van der Waals surface area contributed by atoms with Crippen LogP contribution in [-0.2, 0) is 29.3 Å². The number of carbonyl (C=O) groups is 5. The molecule has 3 aliphatic rings. The molecule has 0 radical (unpaired) electrons. The number of aromatic nitrogens is 2. The number of H-pyrrole nitrogens is 1. The number of methoxy groups -OCH3 is 2. The Hall–Kier alpha value is -6.18. The largest absolute Gasteiger partial charge is 0.453 e. The molecular weight excluding hydrogens is 799 g/mol. The van der Waals surface area contributed by atoms with E-state index in [9.17, 15) is 24.0 Å². The number of fused-ring (bicyclic) bond motifs is 3. The Morgan fingerprint density at radius 2 is 1.51 bits per heavy atom. The molecule has 2 aliphatic heterocycles. The highest BCUT2D eigenvalue weighted by molar-refractivity contribution is 5.99. The van der Waals surface area contributed by atoms with Gasteiger partial charge in [0.25, 0.3) is 5.91 Å². The van der Waals surface area contributed by atoms with E-state index in [0.29, 0.717) is 43.0 Å². The summed E-state index contributed by atoms with van der Waals surface area (Å²) in [6.07, 6.45) is 6.88. The number of aromatic amines is 1. The molecular formula is C49H61N7O7. The highest BCUT2D eigenvalue weighted by Crippen LogP contribution is 2.55. The van der Waals surface area contributed by atoms with Crippen LogP contribution in [-0.4, -0.2) is 88.6 Å². The predicted octanol–water partition coefficient (Wildman–Crippen LogP) is 8.40. The van der Waals surface area contributed by atoms with Gasteiger partial charge in [0.05, 0.1) is 32.2 Å². The maximum atomic E-state index is 14.1. The zero-order valence-corrected chi connectivity index (χ0v) is 37.5. The molecule has 1 unspecified atom stereocenters. The first-order chi connectivity index (χ1) is 30.3. The van der Waals surface area contributed by atoms with Crippen LogP contribution in [0.4, 0.5) is 15.3 Å². The van der Waals surface area contributed by atoms with Gasteiger partial charge < -0.3 is 40.2 Å². The highest BCUT2D eigenvalue weighted by atomic mass is 16.5. The van der Waals surface area contributed by atoms with Crippen LogP contribution >= 0.6 is 0 Å². The van der Waals surface area contributed by atoms with Gasteiger partial charge in [-0.1, -0.05) is 89.1 Å². The molecule has 7 rings (SSSR count). The van der Waals surface area contributed by atoms with E-state index in [-0.39, 0.29) is 35.1 Å². The number of hydrogen-bond acceptors (Lipinski definition) is 8. The summed E-state index contributed by atoms with van der Waals surface area (Å²) in [5, 5.41) is 8.63.